The second-order valence-electron chi connectivity index (χ2n) is 4.32. The molecule has 0 atom stereocenters. The fourth-order valence-electron chi connectivity index (χ4n) is 1.74. The van der Waals surface area contributed by atoms with E-state index in [2.05, 4.69) is 0 Å². The molecule has 0 nitrogen and oxygen atoms in total. The Labute approximate surface area is 124 Å². The van der Waals surface area contributed by atoms with Crippen molar-refractivity contribution in [3.05, 3.63) is 70.8 Å². The van der Waals surface area contributed by atoms with Gasteiger partial charge < -0.3 is 0 Å². The minimum atomic E-state index is -4.29. The summed E-state index contributed by atoms with van der Waals surface area (Å²) in [5.41, 5.74) is 2.15. The van der Waals surface area contributed by atoms with Gasteiger partial charge in [0.2, 0.25) is 0 Å². The van der Waals surface area contributed by atoms with Crippen molar-refractivity contribution < 1.29 is 37.4 Å². The molecular weight excluding hydrogens is 328 g/mol. The number of benzene rings is 2. The number of hydrogen-bond donors (Lipinski definition) is 0. The molecule has 19 heavy (non-hydrogen) atoms. The van der Waals surface area contributed by atoms with E-state index < -0.39 is 11.7 Å². The summed E-state index contributed by atoms with van der Waals surface area (Å²) in [6, 6.07) is 13.3. The summed E-state index contributed by atoms with van der Waals surface area (Å²) < 4.78 is 39.0. The molecule has 0 spiro atoms. The molecule has 0 aromatic heterocycles. The third kappa shape index (κ3) is 3.50. The van der Waals surface area contributed by atoms with Crippen molar-refractivity contribution in [1.82, 2.24) is 0 Å². The molecule has 2 rings (SSSR count). The molecule has 2 aromatic rings. The van der Waals surface area contributed by atoms with Crippen molar-refractivity contribution in [2.24, 2.45) is 0 Å². The first-order chi connectivity index (χ1) is 8.88. The van der Waals surface area contributed by atoms with Crippen LogP contribution in [-0.4, -0.2) is 3.21 Å². The molecule has 0 aliphatic heterocycles. The van der Waals surface area contributed by atoms with Crippen LogP contribution in [0.1, 0.15) is 22.3 Å². The van der Waals surface area contributed by atoms with Crippen LogP contribution in [0.2, 0.25) is 0 Å². The number of aryl methyl sites for hydroxylation is 1. The van der Waals surface area contributed by atoms with Gasteiger partial charge in [-0.25, -0.2) is 0 Å². The van der Waals surface area contributed by atoms with E-state index in [1.807, 2.05) is 31.2 Å². The maximum atomic E-state index is 12.7. The molecular formula is C15H11F3Zr+2. The molecule has 0 amide bonds. The summed E-state index contributed by atoms with van der Waals surface area (Å²) in [5, 5.41) is 0. The van der Waals surface area contributed by atoms with Gasteiger partial charge in [-0.3, -0.25) is 0 Å². The van der Waals surface area contributed by atoms with E-state index in [1.54, 1.807) is 6.07 Å². The fourth-order valence-corrected chi connectivity index (χ4v) is 2.53. The van der Waals surface area contributed by atoms with Gasteiger partial charge in [-0.05, 0) is 0 Å². The molecule has 0 aliphatic carbocycles. The van der Waals surface area contributed by atoms with E-state index >= 15 is 0 Å². The summed E-state index contributed by atoms with van der Waals surface area (Å²) >= 11 is 1.10. The molecule has 0 fully saturated rings. The van der Waals surface area contributed by atoms with Gasteiger partial charge in [0.05, 0.1) is 0 Å². The van der Waals surface area contributed by atoms with Gasteiger partial charge in [-0.15, -0.1) is 0 Å². The van der Waals surface area contributed by atoms with Gasteiger partial charge in [-0.2, -0.15) is 0 Å². The molecule has 0 aliphatic rings. The molecule has 0 unspecified atom stereocenters. The van der Waals surface area contributed by atoms with E-state index in [9.17, 15) is 13.2 Å². The molecule has 0 radical (unpaired) electrons. The standard InChI is InChI=1S/C15H11F3.Zr/c1-11-5-7-12(8-6-11)9-13-3-2-4-14(10-13)15(16,17)18;/h2-8,10H,1H3;/q;+2. The molecule has 94 valence electrons. The summed E-state index contributed by atoms with van der Waals surface area (Å²) in [7, 11) is 0. The zero-order valence-electron chi connectivity index (χ0n) is 10.3. The Morgan fingerprint density at radius 3 is 2.16 bits per heavy atom. The predicted octanol–water partition coefficient (Wildman–Crippen LogP) is 4.13. The first kappa shape index (κ1) is 14.4. The average molecular weight is 339 g/mol. The van der Waals surface area contributed by atoms with Crippen LogP contribution in [0, 0.1) is 6.92 Å². The van der Waals surface area contributed by atoms with Crippen molar-refractivity contribution in [3.63, 3.8) is 0 Å². The van der Waals surface area contributed by atoms with Gasteiger partial charge in [0.25, 0.3) is 0 Å². The summed E-state index contributed by atoms with van der Waals surface area (Å²) in [5.74, 6) is 0. The van der Waals surface area contributed by atoms with Gasteiger partial charge in [0.1, 0.15) is 0 Å². The van der Waals surface area contributed by atoms with E-state index in [-0.39, 0.29) is 0 Å². The van der Waals surface area contributed by atoms with Crippen LogP contribution in [0.4, 0.5) is 13.2 Å². The van der Waals surface area contributed by atoms with Crippen LogP contribution >= 0.6 is 0 Å². The molecule has 0 saturated carbocycles. The molecule has 0 heterocycles. The number of halogens is 3. The molecule has 2 aromatic carbocycles. The van der Waals surface area contributed by atoms with Gasteiger partial charge in [-0.1, -0.05) is 0 Å². The summed E-state index contributed by atoms with van der Waals surface area (Å²) in [6.07, 6.45) is -4.29. The SMILES string of the molecule is Cc1ccc([C](=[Zr+2])c2cccc(C(F)(F)F)c2)cc1. The van der Waals surface area contributed by atoms with Gasteiger partial charge >= 0.3 is 124 Å². The zero-order chi connectivity index (χ0) is 14.0. The number of rotatable bonds is 2. The predicted molar refractivity (Wildman–Crippen MR) is 65.8 cm³/mol. The van der Waals surface area contributed by atoms with E-state index in [1.165, 1.54) is 12.1 Å². The fraction of sp³-hybridized carbons (Fsp3) is 0.133. The monoisotopic (exact) mass is 338 g/mol. The van der Waals surface area contributed by atoms with E-state index in [4.69, 9.17) is 0 Å². The van der Waals surface area contributed by atoms with Crippen molar-refractivity contribution in [1.29, 1.82) is 0 Å². The quantitative estimate of drug-likeness (QED) is 0.772. The van der Waals surface area contributed by atoms with Crippen molar-refractivity contribution in [2.75, 3.05) is 0 Å². The van der Waals surface area contributed by atoms with E-state index in [0.29, 0.717) is 5.56 Å². The molecule has 0 saturated heterocycles. The Morgan fingerprint density at radius 2 is 1.58 bits per heavy atom. The number of hydrogen-bond acceptors (Lipinski definition) is 0. The first-order valence-corrected chi connectivity index (χ1v) is 6.94. The zero-order valence-corrected chi connectivity index (χ0v) is 12.7. The molecule has 4 heteroatoms. The number of alkyl halides is 3. The first-order valence-electron chi connectivity index (χ1n) is 5.71. The summed E-state index contributed by atoms with van der Waals surface area (Å²) in [4.78, 5) is 0. The Kier molecular flexibility index (Phi) is 4.20. The Bertz CT molecular complexity index is 598. The average Bonchev–Trinajstić information content (AvgIpc) is 2.38. The Balaban J connectivity index is 2.37. The van der Waals surface area contributed by atoms with Gasteiger partial charge in [0, 0.05) is 0 Å². The third-order valence-corrected chi connectivity index (χ3v) is 4.24. The second kappa shape index (κ2) is 5.54. The van der Waals surface area contributed by atoms with Crippen molar-refractivity contribution in [2.45, 2.75) is 13.1 Å². The van der Waals surface area contributed by atoms with Crippen LogP contribution in [-0.2, 0) is 30.4 Å². The van der Waals surface area contributed by atoms with E-state index in [0.717, 1.165) is 44.6 Å². The molecule has 0 N–H and O–H groups in total. The maximum absolute atomic E-state index is 12.7. The third-order valence-electron chi connectivity index (χ3n) is 2.82. The normalized spacial score (nSPS) is 11.5. The topological polar surface area (TPSA) is 0 Å². The van der Waals surface area contributed by atoms with Gasteiger partial charge in [0.15, 0.2) is 0 Å². The molecule has 0 bridgehead atoms. The second-order valence-corrected chi connectivity index (χ2v) is 5.55. The van der Waals surface area contributed by atoms with Crippen molar-refractivity contribution >= 4 is 3.21 Å². The van der Waals surface area contributed by atoms with Crippen LogP contribution in [0.15, 0.2) is 48.5 Å². The van der Waals surface area contributed by atoms with Crippen LogP contribution < -0.4 is 0 Å². The minimum absolute atomic E-state index is 0.600. The van der Waals surface area contributed by atoms with Crippen LogP contribution in [0.25, 0.3) is 0 Å². The Morgan fingerprint density at radius 1 is 0.947 bits per heavy atom. The van der Waals surface area contributed by atoms with Crippen molar-refractivity contribution in [3.8, 4) is 0 Å². The van der Waals surface area contributed by atoms with Crippen LogP contribution in [0.3, 0.4) is 0 Å². The van der Waals surface area contributed by atoms with Crippen LogP contribution in [0.5, 0.6) is 0 Å². The summed E-state index contributed by atoms with van der Waals surface area (Å²) in [6.45, 7) is 1.98. The Hall–Kier alpha value is -1.02.